The number of nitrogens with one attached hydrogen (secondary N) is 2. The fraction of sp³-hybridized carbons (Fsp3) is 0.111. The lowest BCUT2D eigenvalue weighted by atomic mass is 10.3. The highest BCUT2D eigenvalue weighted by atomic mass is 32.1. The van der Waals surface area contributed by atoms with Gasteiger partial charge in [0.1, 0.15) is 11.5 Å². The van der Waals surface area contributed by atoms with Crippen LogP contribution in [-0.2, 0) is 6.42 Å². The van der Waals surface area contributed by atoms with Crippen LogP contribution in [0, 0.1) is 0 Å². The Hall–Kier alpha value is -3.46. The van der Waals surface area contributed by atoms with Crippen molar-refractivity contribution in [3.05, 3.63) is 69.8 Å². The highest BCUT2D eigenvalue weighted by Gasteiger charge is 2.18. The Bertz CT molecular complexity index is 1130. The van der Waals surface area contributed by atoms with Gasteiger partial charge in [-0.1, -0.05) is 13.0 Å². The highest BCUT2D eigenvalue weighted by molar-refractivity contribution is 7.13. The van der Waals surface area contributed by atoms with Crippen LogP contribution in [0.25, 0.3) is 16.5 Å². The number of aromatic amines is 1. The Labute approximate surface area is 157 Å². The number of hydrogen-bond donors (Lipinski definition) is 2. The number of hydrogen-bond acceptors (Lipinski definition) is 6. The predicted molar refractivity (Wildman–Crippen MR) is 101 cm³/mol. The Balaban J connectivity index is 1.80. The summed E-state index contributed by atoms with van der Waals surface area (Å²) in [4.78, 5) is 32.4. The van der Waals surface area contributed by atoms with Crippen molar-refractivity contribution in [2.24, 2.45) is 0 Å². The molecule has 4 aromatic heterocycles. The zero-order chi connectivity index (χ0) is 18.8. The largest absolute Gasteiger partial charge is 0.459 e. The van der Waals surface area contributed by atoms with E-state index in [2.05, 4.69) is 20.4 Å². The number of furan rings is 1. The van der Waals surface area contributed by atoms with E-state index in [1.54, 1.807) is 18.2 Å². The molecule has 2 N–H and O–H groups in total. The Morgan fingerprint density at radius 2 is 2.22 bits per heavy atom. The molecule has 0 spiro atoms. The van der Waals surface area contributed by atoms with E-state index in [0.29, 0.717) is 23.6 Å². The summed E-state index contributed by atoms with van der Waals surface area (Å²) >= 11 is 1.52. The van der Waals surface area contributed by atoms with Crippen LogP contribution < -0.4 is 10.9 Å². The molecule has 0 radical (unpaired) electrons. The van der Waals surface area contributed by atoms with Gasteiger partial charge in [-0.05, 0) is 30.0 Å². The summed E-state index contributed by atoms with van der Waals surface area (Å²) in [5.74, 6) is 0.352. The first-order chi connectivity index (χ1) is 13.1. The molecule has 0 aromatic carbocycles. The second-order valence-corrected chi connectivity index (χ2v) is 6.60. The molecular formula is C18H15N5O3S. The van der Waals surface area contributed by atoms with Crippen molar-refractivity contribution < 1.29 is 9.21 Å². The lowest BCUT2D eigenvalue weighted by Gasteiger charge is -2.07. The van der Waals surface area contributed by atoms with E-state index >= 15 is 0 Å². The molecule has 1 amide bonds. The summed E-state index contributed by atoms with van der Waals surface area (Å²) in [6.07, 6.45) is 2.02. The minimum Gasteiger partial charge on any atom is -0.459 e. The van der Waals surface area contributed by atoms with Gasteiger partial charge < -0.3 is 9.73 Å². The van der Waals surface area contributed by atoms with E-state index in [4.69, 9.17) is 4.42 Å². The Morgan fingerprint density at radius 3 is 2.93 bits per heavy atom. The molecule has 27 heavy (non-hydrogen) atoms. The molecule has 0 fully saturated rings. The maximum Gasteiger partial charge on any atom is 0.292 e. The topological polar surface area (TPSA) is 106 Å². The SMILES string of the molecule is CCc1cc(=O)[nH]c(-n2nc(-c3cccs3)cc2NC(=O)c2ccco2)n1. The van der Waals surface area contributed by atoms with E-state index in [-0.39, 0.29) is 17.3 Å². The summed E-state index contributed by atoms with van der Waals surface area (Å²) in [5.41, 5.74) is 1.00. The zero-order valence-corrected chi connectivity index (χ0v) is 15.1. The number of anilines is 1. The van der Waals surface area contributed by atoms with Gasteiger partial charge in [-0.25, -0.2) is 4.98 Å². The number of aryl methyl sites for hydroxylation is 1. The quantitative estimate of drug-likeness (QED) is 0.553. The van der Waals surface area contributed by atoms with Gasteiger partial charge >= 0.3 is 0 Å². The van der Waals surface area contributed by atoms with E-state index in [9.17, 15) is 9.59 Å². The number of aromatic nitrogens is 4. The average molecular weight is 381 g/mol. The monoisotopic (exact) mass is 381 g/mol. The van der Waals surface area contributed by atoms with Crippen LogP contribution in [0.15, 0.2) is 57.3 Å². The molecule has 4 rings (SSSR count). The molecule has 4 heterocycles. The van der Waals surface area contributed by atoms with Crippen LogP contribution in [0.5, 0.6) is 0 Å². The van der Waals surface area contributed by atoms with Crippen molar-refractivity contribution in [3.63, 3.8) is 0 Å². The van der Waals surface area contributed by atoms with Crippen molar-refractivity contribution >= 4 is 23.1 Å². The molecule has 4 aromatic rings. The van der Waals surface area contributed by atoms with Crippen molar-refractivity contribution in [2.45, 2.75) is 13.3 Å². The first-order valence-electron chi connectivity index (χ1n) is 8.23. The summed E-state index contributed by atoms with van der Waals surface area (Å²) in [5, 5.41) is 9.22. The molecule has 0 aliphatic heterocycles. The van der Waals surface area contributed by atoms with E-state index in [1.807, 2.05) is 24.4 Å². The summed E-state index contributed by atoms with van der Waals surface area (Å²) in [7, 11) is 0. The normalized spacial score (nSPS) is 10.9. The summed E-state index contributed by atoms with van der Waals surface area (Å²) < 4.78 is 6.55. The number of thiophene rings is 1. The van der Waals surface area contributed by atoms with Crippen molar-refractivity contribution in [3.8, 4) is 16.5 Å². The second-order valence-electron chi connectivity index (χ2n) is 5.65. The van der Waals surface area contributed by atoms with Crippen molar-refractivity contribution in [2.75, 3.05) is 5.32 Å². The molecule has 0 saturated carbocycles. The van der Waals surface area contributed by atoms with Gasteiger partial charge in [0.05, 0.1) is 11.1 Å². The minimum atomic E-state index is -0.423. The number of nitrogens with zero attached hydrogens (tertiary/aromatic N) is 3. The lowest BCUT2D eigenvalue weighted by molar-refractivity contribution is 0.0996. The first kappa shape index (κ1) is 17.0. The maximum atomic E-state index is 12.4. The fourth-order valence-electron chi connectivity index (χ4n) is 2.54. The molecule has 0 aliphatic rings. The van der Waals surface area contributed by atoms with Crippen LogP contribution in [0.3, 0.4) is 0 Å². The summed E-state index contributed by atoms with van der Waals surface area (Å²) in [6.45, 7) is 1.91. The molecule has 136 valence electrons. The molecular weight excluding hydrogens is 366 g/mol. The smallest absolute Gasteiger partial charge is 0.292 e. The second kappa shape index (κ2) is 7.04. The maximum absolute atomic E-state index is 12.4. The molecule has 0 bridgehead atoms. The molecule has 0 aliphatic carbocycles. The molecule has 0 saturated heterocycles. The van der Waals surface area contributed by atoms with Gasteiger partial charge in [0.2, 0.25) is 5.95 Å². The average Bonchev–Trinajstić information content (AvgIpc) is 3.41. The van der Waals surface area contributed by atoms with Crippen LogP contribution >= 0.6 is 11.3 Å². The Morgan fingerprint density at radius 1 is 1.33 bits per heavy atom. The Kier molecular flexibility index (Phi) is 4.43. The number of rotatable bonds is 5. The third kappa shape index (κ3) is 3.44. The van der Waals surface area contributed by atoms with Gasteiger partial charge in [0, 0.05) is 17.8 Å². The minimum absolute atomic E-state index is 0.171. The molecule has 9 heteroatoms. The van der Waals surface area contributed by atoms with E-state index < -0.39 is 5.91 Å². The van der Waals surface area contributed by atoms with Crippen LogP contribution in [0.2, 0.25) is 0 Å². The standard InChI is InChI=1S/C18H15N5O3S/c1-2-11-9-16(24)21-18(19-11)23-15(20-17(25)13-5-3-7-26-13)10-12(22-23)14-6-4-8-27-14/h3-10H,2H2,1H3,(H,20,25)(H,19,21,24). The zero-order valence-electron chi connectivity index (χ0n) is 14.3. The first-order valence-corrected chi connectivity index (χ1v) is 9.11. The fourth-order valence-corrected chi connectivity index (χ4v) is 3.22. The molecule has 0 unspecified atom stereocenters. The van der Waals surface area contributed by atoms with Gasteiger partial charge in [-0.2, -0.15) is 9.78 Å². The van der Waals surface area contributed by atoms with Gasteiger partial charge in [-0.15, -0.1) is 11.3 Å². The lowest BCUT2D eigenvalue weighted by Crippen LogP contribution is -2.19. The third-order valence-electron chi connectivity index (χ3n) is 3.81. The van der Waals surface area contributed by atoms with Crippen LogP contribution in [0.4, 0.5) is 5.82 Å². The van der Waals surface area contributed by atoms with Gasteiger partial charge in [0.15, 0.2) is 5.76 Å². The number of H-pyrrole nitrogens is 1. The van der Waals surface area contributed by atoms with Crippen molar-refractivity contribution in [1.82, 2.24) is 19.7 Å². The van der Waals surface area contributed by atoms with Gasteiger partial charge in [-0.3, -0.25) is 14.6 Å². The van der Waals surface area contributed by atoms with Crippen molar-refractivity contribution in [1.29, 1.82) is 0 Å². The van der Waals surface area contributed by atoms with Gasteiger partial charge in [0.25, 0.3) is 11.5 Å². The van der Waals surface area contributed by atoms with Crippen LogP contribution in [-0.4, -0.2) is 25.7 Å². The summed E-state index contributed by atoms with van der Waals surface area (Å²) in [6, 6.07) is 10.2. The highest BCUT2D eigenvalue weighted by Crippen LogP contribution is 2.27. The van der Waals surface area contributed by atoms with E-state index in [0.717, 1.165) is 4.88 Å². The van der Waals surface area contributed by atoms with Crippen LogP contribution in [0.1, 0.15) is 23.2 Å². The molecule has 0 atom stereocenters. The number of carbonyl (C=O) groups is 1. The predicted octanol–water partition coefficient (Wildman–Crippen LogP) is 3.09. The third-order valence-corrected chi connectivity index (χ3v) is 4.71. The van der Waals surface area contributed by atoms with E-state index in [1.165, 1.54) is 28.3 Å². The number of amides is 1. The number of carbonyl (C=O) groups excluding carboxylic acids is 1. The molecule has 8 nitrogen and oxygen atoms in total.